The first-order valence-corrected chi connectivity index (χ1v) is 6.39. The van der Waals surface area contributed by atoms with Crippen LogP contribution < -0.4 is 0 Å². The highest BCUT2D eigenvalue weighted by atomic mass is 33.1. The van der Waals surface area contributed by atoms with Crippen LogP contribution in [-0.4, -0.2) is 5.75 Å². The van der Waals surface area contributed by atoms with Crippen LogP contribution in [0.5, 0.6) is 0 Å². The molecule has 1 rings (SSSR count). The van der Waals surface area contributed by atoms with Gasteiger partial charge in [0.05, 0.1) is 0 Å². The van der Waals surface area contributed by atoms with Gasteiger partial charge in [0, 0.05) is 10.6 Å². The zero-order valence-electron chi connectivity index (χ0n) is 7.03. The first kappa shape index (κ1) is 10.0. The van der Waals surface area contributed by atoms with Crippen molar-refractivity contribution >= 4 is 21.6 Å². The smallest absolute Gasteiger partial charge is 0.0182 e. The molecule has 0 aliphatic carbocycles. The highest BCUT2D eigenvalue weighted by molar-refractivity contribution is 8.76. The largest absolute Gasteiger partial charge is 0.0889 e. The number of benzene rings is 1. The SMILES string of the molecule is [CH2]CCCSSc1ccccc1. The van der Waals surface area contributed by atoms with Crippen molar-refractivity contribution in [2.75, 3.05) is 5.75 Å². The van der Waals surface area contributed by atoms with E-state index in [2.05, 4.69) is 31.2 Å². The topological polar surface area (TPSA) is 0 Å². The van der Waals surface area contributed by atoms with Crippen molar-refractivity contribution in [2.45, 2.75) is 17.7 Å². The van der Waals surface area contributed by atoms with Gasteiger partial charge in [-0.1, -0.05) is 53.1 Å². The number of unbranched alkanes of at least 4 members (excludes halogenated alkanes) is 1. The molecule has 0 amide bonds. The number of hydrogen-bond donors (Lipinski definition) is 0. The molecule has 0 aliphatic rings. The van der Waals surface area contributed by atoms with Gasteiger partial charge < -0.3 is 0 Å². The maximum absolute atomic E-state index is 3.81. The molecule has 1 aromatic rings. The van der Waals surface area contributed by atoms with Crippen LogP contribution >= 0.6 is 21.6 Å². The van der Waals surface area contributed by atoms with E-state index in [4.69, 9.17) is 0 Å². The molecule has 0 N–H and O–H groups in total. The third-order valence-electron chi connectivity index (χ3n) is 1.38. The molecule has 2 heteroatoms. The molecule has 0 atom stereocenters. The Labute approximate surface area is 82.5 Å². The van der Waals surface area contributed by atoms with Crippen LogP contribution in [0.25, 0.3) is 0 Å². The van der Waals surface area contributed by atoms with E-state index in [0.29, 0.717) is 0 Å². The van der Waals surface area contributed by atoms with Crippen LogP contribution in [0.15, 0.2) is 35.2 Å². The van der Waals surface area contributed by atoms with Crippen molar-refractivity contribution in [3.63, 3.8) is 0 Å². The van der Waals surface area contributed by atoms with Crippen LogP contribution in [0, 0.1) is 6.92 Å². The van der Waals surface area contributed by atoms with Gasteiger partial charge in [-0.2, -0.15) is 0 Å². The van der Waals surface area contributed by atoms with Crippen LogP contribution in [0.4, 0.5) is 0 Å². The van der Waals surface area contributed by atoms with Crippen molar-refractivity contribution in [1.29, 1.82) is 0 Å². The molecule has 12 heavy (non-hydrogen) atoms. The average Bonchev–Trinajstić information content (AvgIpc) is 2.14. The van der Waals surface area contributed by atoms with Gasteiger partial charge in [0.15, 0.2) is 0 Å². The van der Waals surface area contributed by atoms with E-state index in [1.807, 2.05) is 27.7 Å². The Kier molecular flexibility index (Phi) is 5.37. The summed E-state index contributed by atoms with van der Waals surface area (Å²) in [6, 6.07) is 10.5. The molecule has 0 fully saturated rings. The lowest BCUT2D eigenvalue weighted by molar-refractivity contribution is 0.972. The molecule has 65 valence electrons. The molecule has 0 spiro atoms. The zero-order chi connectivity index (χ0) is 8.65. The summed E-state index contributed by atoms with van der Waals surface area (Å²) in [5, 5.41) is 0. The van der Waals surface area contributed by atoms with Gasteiger partial charge >= 0.3 is 0 Å². The Hall–Kier alpha value is -0.0800. The van der Waals surface area contributed by atoms with Crippen LogP contribution in [0.3, 0.4) is 0 Å². The van der Waals surface area contributed by atoms with E-state index >= 15 is 0 Å². The predicted octanol–water partition coefficient (Wildman–Crippen LogP) is 4.04. The summed E-state index contributed by atoms with van der Waals surface area (Å²) in [4.78, 5) is 1.34. The van der Waals surface area contributed by atoms with Crippen molar-refractivity contribution in [3.05, 3.63) is 37.3 Å². The summed E-state index contributed by atoms with van der Waals surface area (Å²) >= 11 is 0. The van der Waals surface area contributed by atoms with Crippen LogP contribution in [-0.2, 0) is 0 Å². The fourth-order valence-electron chi connectivity index (χ4n) is 0.747. The number of hydrogen-bond acceptors (Lipinski definition) is 2. The van der Waals surface area contributed by atoms with Crippen molar-refractivity contribution in [1.82, 2.24) is 0 Å². The van der Waals surface area contributed by atoms with Gasteiger partial charge in [-0.05, 0) is 18.6 Å². The normalized spacial score (nSPS) is 10.1. The summed E-state index contributed by atoms with van der Waals surface area (Å²) in [7, 11) is 3.76. The summed E-state index contributed by atoms with van der Waals surface area (Å²) in [6.07, 6.45) is 2.26. The van der Waals surface area contributed by atoms with E-state index in [0.717, 1.165) is 6.42 Å². The second-order valence-electron chi connectivity index (χ2n) is 2.43. The quantitative estimate of drug-likeness (QED) is 0.516. The van der Waals surface area contributed by atoms with E-state index in [9.17, 15) is 0 Å². The Balaban J connectivity index is 2.16. The number of rotatable bonds is 5. The second kappa shape index (κ2) is 6.44. The van der Waals surface area contributed by atoms with E-state index in [1.165, 1.54) is 17.1 Å². The molecule has 1 radical (unpaired) electrons. The zero-order valence-corrected chi connectivity index (χ0v) is 8.66. The monoisotopic (exact) mass is 197 g/mol. The molecule has 0 heterocycles. The Morgan fingerprint density at radius 3 is 2.58 bits per heavy atom. The second-order valence-corrected chi connectivity index (χ2v) is 4.91. The average molecular weight is 197 g/mol. The van der Waals surface area contributed by atoms with Gasteiger partial charge in [0.25, 0.3) is 0 Å². The van der Waals surface area contributed by atoms with E-state index in [-0.39, 0.29) is 0 Å². The minimum atomic E-state index is 1.04. The fourth-order valence-corrected chi connectivity index (χ4v) is 2.90. The molecule has 0 unspecified atom stereocenters. The first-order valence-electron chi connectivity index (χ1n) is 4.07. The molecule has 0 aliphatic heterocycles. The maximum atomic E-state index is 3.81. The van der Waals surface area contributed by atoms with E-state index < -0.39 is 0 Å². The van der Waals surface area contributed by atoms with Gasteiger partial charge in [-0.15, -0.1) is 0 Å². The molecule has 0 saturated heterocycles. The Bertz CT molecular complexity index is 196. The third kappa shape index (κ3) is 4.07. The molecule has 0 nitrogen and oxygen atoms in total. The van der Waals surface area contributed by atoms with Gasteiger partial charge in [-0.3, -0.25) is 0 Å². The van der Waals surface area contributed by atoms with E-state index in [1.54, 1.807) is 0 Å². The van der Waals surface area contributed by atoms with Gasteiger partial charge in [-0.25, -0.2) is 0 Å². The highest BCUT2D eigenvalue weighted by Crippen LogP contribution is 2.30. The van der Waals surface area contributed by atoms with Gasteiger partial charge in [0.2, 0.25) is 0 Å². The molecular weight excluding hydrogens is 184 g/mol. The summed E-state index contributed by atoms with van der Waals surface area (Å²) in [5.74, 6) is 1.20. The summed E-state index contributed by atoms with van der Waals surface area (Å²) < 4.78 is 0. The Morgan fingerprint density at radius 2 is 1.92 bits per heavy atom. The lowest BCUT2D eigenvalue weighted by Crippen LogP contribution is -1.73. The lowest BCUT2D eigenvalue weighted by Gasteiger charge is -1.98. The molecule has 1 aromatic carbocycles. The third-order valence-corrected chi connectivity index (χ3v) is 3.84. The Morgan fingerprint density at radius 1 is 1.17 bits per heavy atom. The molecular formula is C10H13S2. The molecule has 0 aromatic heterocycles. The first-order chi connectivity index (χ1) is 5.93. The minimum absolute atomic E-state index is 1.04. The van der Waals surface area contributed by atoms with Crippen LogP contribution in [0.1, 0.15) is 12.8 Å². The van der Waals surface area contributed by atoms with Crippen molar-refractivity contribution in [2.24, 2.45) is 0 Å². The lowest BCUT2D eigenvalue weighted by atomic mass is 10.4. The van der Waals surface area contributed by atoms with Crippen molar-refractivity contribution in [3.8, 4) is 0 Å². The van der Waals surface area contributed by atoms with Crippen molar-refractivity contribution < 1.29 is 0 Å². The summed E-state index contributed by atoms with van der Waals surface area (Å²) in [6.45, 7) is 3.81. The van der Waals surface area contributed by atoms with Crippen LogP contribution in [0.2, 0.25) is 0 Å². The standard InChI is InChI=1S/C10H13S2/c1-2-3-9-11-12-10-7-5-4-6-8-10/h4-8H,1-3,9H2. The summed E-state index contributed by atoms with van der Waals surface area (Å²) in [5.41, 5.74) is 0. The molecule has 0 bridgehead atoms. The van der Waals surface area contributed by atoms with Gasteiger partial charge in [0.1, 0.15) is 0 Å². The maximum Gasteiger partial charge on any atom is 0.0182 e. The highest BCUT2D eigenvalue weighted by Gasteiger charge is 1.91. The minimum Gasteiger partial charge on any atom is -0.0889 e. The fraction of sp³-hybridized carbons (Fsp3) is 0.300. The molecule has 0 saturated carbocycles. The predicted molar refractivity (Wildman–Crippen MR) is 59.3 cm³/mol.